The Morgan fingerprint density at radius 1 is 1.10 bits per heavy atom. The number of nitrogens with zero attached hydrogens (tertiary/aromatic N) is 2. The van der Waals surface area contributed by atoms with E-state index in [1.165, 1.54) is 10.4 Å². The second kappa shape index (κ2) is 8.42. The molecule has 4 aromatic rings. The monoisotopic (exact) mass is 418 g/mol. The van der Waals surface area contributed by atoms with Gasteiger partial charge in [0.15, 0.2) is 0 Å². The lowest BCUT2D eigenvalue weighted by atomic mass is 10.1. The summed E-state index contributed by atoms with van der Waals surface area (Å²) < 4.78 is 0. The SMILES string of the molecule is Cc1cccc2[nH]c(-c3ccc(-c4ccc(NC(=O)C(C)CN(C)C)cc4)s3)nc12. The number of amides is 1. The van der Waals surface area contributed by atoms with Gasteiger partial charge >= 0.3 is 0 Å². The Bertz CT molecular complexity index is 1170. The number of fused-ring (bicyclic) bond motifs is 1. The van der Waals surface area contributed by atoms with Crippen molar-refractivity contribution in [2.45, 2.75) is 13.8 Å². The smallest absolute Gasteiger partial charge is 0.228 e. The van der Waals surface area contributed by atoms with Crippen LogP contribution < -0.4 is 5.32 Å². The topological polar surface area (TPSA) is 61.0 Å². The summed E-state index contributed by atoms with van der Waals surface area (Å²) in [5.74, 6) is 0.872. The number of carbonyl (C=O) groups excluding carboxylic acids is 1. The van der Waals surface area contributed by atoms with Gasteiger partial charge in [-0.25, -0.2) is 4.98 Å². The first-order valence-electron chi connectivity index (χ1n) is 10.0. The zero-order chi connectivity index (χ0) is 21.3. The summed E-state index contributed by atoms with van der Waals surface area (Å²) in [6.45, 7) is 4.74. The van der Waals surface area contributed by atoms with Crippen LogP contribution in [-0.4, -0.2) is 41.4 Å². The number of imidazole rings is 1. The summed E-state index contributed by atoms with van der Waals surface area (Å²) in [7, 11) is 3.95. The van der Waals surface area contributed by atoms with E-state index in [1.807, 2.05) is 56.3 Å². The molecule has 2 heterocycles. The van der Waals surface area contributed by atoms with Gasteiger partial charge < -0.3 is 15.2 Å². The van der Waals surface area contributed by atoms with Crippen molar-refractivity contribution >= 4 is 34.0 Å². The molecule has 2 aromatic carbocycles. The molecular weight excluding hydrogens is 392 g/mol. The zero-order valence-corrected chi connectivity index (χ0v) is 18.5. The molecule has 5 nitrogen and oxygen atoms in total. The maximum Gasteiger partial charge on any atom is 0.228 e. The number of aromatic nitrogens is 2. The molecule has 2 N–H and O–H groups in total. The maximum absolute atomic E-state index is 12.3. The number of rotatable bonds is 6. The van der Waals surface area contributed by atoms with Crippen molar-refractivity contribution in [3.63, 3.8) is 0 Å². The fourth-order valence-electron chi connectivity index (χ4n) is 3.53. The largest absolute Gasteiger partial charge is 0.337 e. The Morgan fingerprint density at radius 3 is 2.53 bits per heavy atom. The van der Waals surface area contributed by atoms with E-state index in [9.17, 15) is 4.79 Å². The summed E-state index contributed by atoms with van der Waals surface area (Å²) >= 11 is 1.71. The number of hydrogen-bond donors (Lipinski definition) is 2. The van der Waals surface area contributed by atoms with Crippen LogP contribution in [0.15, 0.2) is 54.6 Å². The molecule has 1 amide bonds. The van der Waals surface area contributed by atoms with Gasteiger partial charge in [-0.1, -0.05) is 31.2 Å². The van der Waals surface area contributed by atoms with E-state index in [-0.39, 0.29) is 11.8 Å². The summed E-state index contributed by atoms with van der Waals surface area (Å²) in [6, 6.07) is 18.4. The Kier molecular flexibility index (Phi) is 5.70. The molecule has 0 spiro atoms. The summed E-state index contributed by atoms with van der Waals surface area (Å²) in [4.78, 5) is 24.8. The number of thiophene rings is 1. The van der Waals surface area contributed by atoms with Crippen molar-refractivity contribution in [2.24, 2.45) is 5.92 Å². The highest BCUT2D eigenvalue weighted by atomic mass is 32.1. The number of H-pyrrole nitrogens is 1. The van der Waals surface area contributed by atoms with Crippen LogP contribution >= 0.6 is 11.3 Å². The minimum Gasteiger partial charge on any atom is -0.337 e. The van der Waals surface area contributed by atoms with Crippen molar-refractivity contribution in [2.75, 3.05) is 26.0 Å². The average Bonchev–Trinajstić information content (AvgIpc) is 3.36. The molecule has 0 saturated carbocycles. The molecule has 2 aromatic heterocycles. The molecule has 0 bridgehead atoms. The number of carbonyl (C=O) groups is 1. The molecule has 1 unspecified atom stereocenters. The average molecular weight is 419 g/mol. The van der Waals surface area contributed by atoms with Crippen LogP contribution in [0.25, 0.3) is 32.2 Å². The third-order valence-electron chi connectivity index (χ3n) is 5.08. The van der Waals surface area contributed by atoms with Gasteiger partial charge in [0.25, 0.3) is 0 Å². The Hall–Kier alpha value is -2.96. The van der Waals surface area contributed by atoms with Crippen LogP contribution in [0.4, 0.5) is 5.69 Å². The van der Waals surface area contributed by atoms with Crippen molar-refractivity contribution in [3.05, 3.63) is 60.2 Å². The number of nitrogens with one attached hydrogen (secondary N) is 2. The van der Waals surface area contributed by atoms with Crippen LogP contribution in [0.3, 0.4) is 0 Å². The molecule has 0 aliphatic rings. The van der Waals surface area contributed by atoms with Crippen molar-refractivity contribution in [3.8, 4) is 21.1 Å². The molecule has 0 fully saturated rings. The third-order valence-corrected chi connectivity index (χ3v) is 6.22. The maximum atomic E-state index is 12.3. The second-order valence-electron chi connectivity index (χ2n) is 7.95. The molecular formula is C24H26N4OS. The van der Waals surface area contributed by atoms with E-state index in [0.29, 0.717) is 0 Å². The molecule has 0 aliphatic heterocycles. The van der Waals surface area contributed by atoms with Gasteiger partial charge in [-0.15, -0.1) is 11.3 Å². The van der Waals surface area contributed by atoms with Gasteiger partial charge in [0.2, 0.25) is 5.91 Å². The van der Waals surface area contributed by atoms with Crippen molar-refractivity contribution < 1.29 is 4.79 Å². The Morgan fingerprint density at radius 2 is 1.83 bits per heavy atom. The lowest BCUT2D eigenvalue weighted by molar-refractivity contribution is -0.119. The Balaban J connectivity index is 1.49. The van der Waals surface area contributed by atoms with E-state index >= 15 is 0 Å². The molecule has 0 aliphatic carbocycles. The van der Waals surface area contributed by atoms with Gasteiger partial charge in [-0.2, -0.15) is 0 Å². The first-order valence-corrected chi connectivity index (χ1v) is 10.8. The number of para-hydroxylation sites is 1. The number of aryl methyl sites for hydroxylation is 1. The van der Waals surface area contributed by atoms with Gasteiger partial charge in [0, 0.05) is 23.0 Å². The fourth-order valence-corrected chi connectivity index (χ4v) is 4.48. The minimum atomic E-state index is -0.0630. The normalized spacial score (nSPS) is 12.4. The van der Waals surface area contributed by atoms with E-state index in [1.54, 1.807) is 11.3 Å². The first-order chi connectivity index (χ1) is 14.4. The molecule has 30 heavy (non-hydrogen) atoms. The molecule has 0 saturated heterocycles. The first kappa shape index (κ1) is 20.3. The molecule has 4 rings (SSSR count). The van der Waals surface area contributed by atoms with Crippen LogP contribution in [-0.2, 0) is 4.79 Å². The van der Waals surface area contributed by atoms with Crippen molar-refractivity contribution in [1.29, 1.82) is 0 Å². The van der Waals surface area contributed by atoms with Crippen LogP contribution in [0.5, 0.6) is 0 Å². The predicted octanol–water partition coefficient (Wildman–Crippen LogP) is 5.40. The summed E-state index contributed by atoms with van der Waals surface area (Å²) in [5, 5.41) is 3.00. The van der Waals surface area contributed by atoms with Gasteiger partial charge in [-0.05, 0) is 62.5 Å². The van der Waals surface area contributed by atoms with E-state index in [0.717, 1.165) is 39.5 Å². The standard InChI is InChI=1S/C24H26N4OS/c1-15-6-5-7-19-22(15)27-23(26-19)21-13-12-20(30-21)17-8-10-18(11-9-17)25-24(29)16(2)14-28(3)4/h5-13,16H,14H2,1-4H3,(H,25,29)(H,26,27). The number of anilines is 1. The van der Waals surface area contributed by atoms with Crippen LogP contribution in [0, 0.1) is 12.8 Å². The highest BCUT2D eigenvalue weighted by Gasteiger charge is 2.14. The zero-order valence-electron chi connectivity index (χ0n) is 17.7. The molecule has 1 atom stereocenters. The van der Waals surface area contributed by atoms with Crippen LogP contribution in [0.1, 0.15) is 12.5 Å². The van der Waals surface area contributed by atoms with Gasteiger partial charge in [-0.3, -0.25) is 4.79 Å². The lowest BCUT2D eigenvalue weighted by Gasteiger charge is -2.16. The van der Waals surface area contributed by atoms with Gasteiger partial charge in [0.1, 0.15) is 5.82 Å². The van der Waals surface area contributed by atoms with E-state index in [2.05, 4.69) is 41.5 Å². The lowest BCUT2D eigenvalue weighted by Crippen LogP contribution is -2.29. The molecule has 0 radical (unpaired) electrons. The highest BCUT2D eigenvalue weighted by Crippen LogP contribution is 2.34. The van der Waals surface area contributed by atoms with Crippen LogP contribution in [0.2, 0.25) is 0 Å². The fraction of sp³-hybridized carbons (Fsp3) is 0.250. The quantitative estimate of drug-likeness (QED) is 0.440. The summed E-state index contributed by atoms with van der Waals surface area (Å²) in [6.07, 6.45) is 0. The minimum absolute atomic E-state index is 0.0371. The second-order valence-corrected chi connectivity index (χ2v) is 9.03. The predicted molar refractivity (Wildman–Crippen MR) is 126 cm³/mol. The molecule has 154 valence electrons. The number of hydrogen-bond acceptors (Lipinski definition) is 4. The number of aromatic amines is 1. The summed E-state index contributed by atoms with van der Waals surface area (Å²) in [5.41, 5.74) is 5.19. The van der Waals surface area contributed by atoms with Crippen molar-refractivity contribution in [1.82, 2.24) is 14.9 Å². The van der Waals surface area contributed by atoms with Gasteiger partial charge in [0.05, 0.1) is 15.9 Å². The Labute approximate surface area is 180 Å². The highest BCUT2D eigenvalue weighted by molar-refractivity contribution is 7.18. The number of benzene rings is 2. The van der Waals surface area contributed by atoms with E-state index < -0.39 is 0 Å². The molecule has 6 heteroatoms. The van der Waals surface area contributed by atoms with E-state index in [4.69, 9.17) is 4.98 Å². The third kappa shape index (κ3) is 4.30.